The van der Waals surface area contributed by atoms with Gasteiger partial charge in [0.05, 0.1) is 11.7 Å². The Balaban J connectivity index is 2.18. The second-order valence-corrected chi connectivity index (χ2v) is 6.52. The van der Waals surface area contributed by atoms with Crippen molar-refractivity contribution in [3.63, 3.8) is 0 Å². The van der Waals surface area contributed by atoms with Gasteiger partial charge in [-0.25, -0.2) is 0 Å². The fourth-order valence-corrected chi connectivity index (χ4v) is 3.56. The van der Waals surface area contributed by atoms with Crippen molar-refractivity contribution >= 4 is 11.3 Å². The van der Waals surface area contributed by atoms with Gasteiger partial charge >= 0.3 is 0 Å². The molecule has 2 atom stereocenters. The number of aryl methyl sites for hydroxylation is 1. The molecule has 2 heterocycles. The van der Waals surface area contributed by atoms with Gasteiger partial charge in [-0.05, 0) is 44.7 Å². The molecule has 0 aromatic carbocycles. The van der Waals surface area contributed by atoms with Crippen LogP contribution < -0.4 is 5.73 Å². The number of rotatable bonds is 6. The Morgan fingerprint density at radius 3 is 2.65 bits per heavy atom. The second-order valence-electron chi connectivity index (χ2n) is 5.20. The van der Waals surface area contributed by atoms with Crippen LogP contribution in [0.25, 0.3) is 0 Å². The highest BCUT2D eigenvalue weighted by molar-refractivity contribution is 7.12. The molecule has 0 saturated carbocycles. The largest absolute Gasteiger partial charge is 0.326 e. The Labute approximate surface area is 125 Å². The molecule has 0 radical (unpaired) electrons. The normalized spacial score (nSPS) is 14.4. The summed E-state index contributed by atoms with van der Waals surface area (Å²) >= 11 is 1.84. The van der Waals surface area contributed by atoms with Crippen LogP contribution in [-0.4, -0.2) is 23.0 Å². The van der Waals surface area contributed by atoms with Crippen molar-refractivity contribution in [2.45, 2.75) is 38.9 Å². The van der Waals surface area contributed by atoms with Crippen molar-refractivity contribution < 1.29 is 0 Å². The Morgan fingerprint density at radius 1 is 1.30 bits per heavy atom. The van der Waals surface area contributed by atoms with Gasteiger partial charge in [0.2, 0.25) is 0 Å². The summed E-state index contributed by atoms with van der Waals surface area (Å²) in [5.74, 6) is 0. The minimum absolute atomic E-state index is 0.141. The molecule has 0 saturated heterocycles. The number of nitrogens with two attached hydrogens (primary N) is 1. The summed E-state index contributed by atoms with van der Waals surface area (Å²) in [7, 11) is 2.13. The minimum Gasteiger partial charge on any atom is -0.326 e. The molecule has 0 spiro atoms. The van der Waals surface area contributed by atoms with Crippen molar-refractivity contribution in [2.24, 2.45) is 5.73 Å². The highest BCUT2D eigenvalue weighted by Gasteiger charge is 2.24. The first-order valence-electron chi connectivity index (χ1n) is 7.04. The molecule has 3 nitrogen and oxygen atoms in total. The molecular weight excluding hydrogens is 266 g/mol. The van der Waals surface area contributed by atoms with Gasteiger partial charge in [0.15, 0.2) is 0 Å². The van der Waals surface area contributed by atoms with Gasteiger partial charge in [-0.15, -0.1) is 11.3 Å². The standard InChI is InChI=1S/C16H23N3S/c1-4-14(17)16(15-9-8-12(2)20-15)19(3)11-13-7-5-6-10-18-13/h5-10,14,16H,4,11,17H2,1-3H3. The third-order valence-corrected chi connectivity index (χ3v) is 4.61. The van der Waals surface area contributed by atoms with E-state index in [-0.39, 0.29) is 12.1 Å². The fourth-order valence-electron chi connectivity index (χ4n) is 2.44. The van der Waals surface area contributed by atoms with Gasteiger partial charge in [0.1, 0.15) is 0 Å². The minimum atomic E-state index is 0.141. The van der Waals surface area contributed by atoms with Crippen molar-refractivity contribution in [3.05, 3.63) is 52.0 Å². The van der Waals surface area contributed by atoms with Gasteiger partial charge in [0, 0.05) is 28.5 Å². The highest BCUT2D eigenvalue weighted by Crippen LogP contribution is 2.30. The van der Waals surface area contributed by atoms with Crippen molar-refractivity contribution in [2.75, 3.05) is 7.05 Å². The Kier molecular flexibility index (Phi) is 5.29. The van der Waals surface area contributed by atoms with Gasteiger partial charge < -0.3 is 5.73 Å². The molecule has 0 aliphatic rings. The molecular formula is C16H23N3S. The van der Waals surface area contributed by atoms with Crippen LogP contribution in [0.2, 0.25) is 0 Å². The van der Waals surface area contributed by atoms with Crippen LogP contribution in [0, 0.1) is 6.92 Å². The third kappa shape index (κ3) is 3.66. The molecule has 2 N–H and O–H groups in total. The summed E-state index contributed by atoms with van der Waals surface area (Å²) in [5, 5.41) is 0. The predicted molar refractivity (Wildman–Crippen MR) is 85.8 cm³/mol. The van der Waals surface area contributed by atoms with E-state index in [4.69, 9.17) is 5.73 Å². The zero-order valence-corrected chi connectivity index (χ0v) is 13.2. The van der Waals surface area contributed by atoms with Crippen LogP contribution in [0.3, 0.4) is 0 Å². The number of likely N-dealkylation sites (N-methyl/N-ethyl adjacent to an activating group) is 1. The van der Waals surface area contributed by atoms with Gasteiger partial charge in [-0.1, -0.05) is 13.0 Å². The first kappa shape index (κ1) is 15.2. The number of hydrogen-bond acceptors (Lipinski definition) is 4. The predicted octanol–water partition coefficient (Wildman–Crippen LogP) is 3.36. The monoisotopic (exact) mass is 289 g/mol. The summed E-state index contributed by atoms with van der Waals surface area (Å²) < 4.78 is 0. The van der Waals surface area contributed by atoms with E-state index in [1.165, 1.54) is 9.75 Å². The Bertz CT molecular complexity index is 524. The quantitative estimate of drug-likeness (QED) is 0.886. The van der Waals surface area contributed by atoms with Crippen molar-refractivity contribution in [1.29, 1.82) is 0 Å². The van der Waals surface area contributed by atoms with E-state index in [1.807, 2.05) is 29.7 Å². The molecule has 4 heteroatoms. The van der Waals surface area contributed by atoms with Crippen LogP contribution in [0.4, 0.5) is 0 Å². The fraction of sp³-hybridized carbons (Fsp3) is 0.438. The number of pyridine rings is 1. The number of aromatic nitrogens is 1. The zero-order valence-electron chi connectivity index (χ0n) is 12.4. The van der Waals surface area contributed by atoms with E-state index in [0.29, 0.717) is 0 Å². The molecule has 2 unspecified atom stereocenters. The molecule has 0 bridgehead atoms. The Morgan fingerprint density at radius 2 is 2.10 bits per heavy atom. The summed E-state index contributed by atoms with van der Waals surface area (Å²) in [6.07, 6.45) is 2.81. The molecule has 0 fully saturated rings. The SMILES string of the molecule is CCC(N)C(c1ccc(C)s1)N(C)Cc1ccccn1. The highest BCUT2D eigenvalue weighted by atomic mass is 32.1. The van der Waals surface area contributed by atoms with E-state index in [0.717, 1.165) is 18.7 Å². The van der Waals surface area contributed by atoms with Crippen LogP contribution in [0.15, 0.2) is 36.5 Å². The maximum atomic E-state index is 6.36. The molecule has 0 aliphatic heterocycles. The average molecular weight is 289 g/mol. The molecule has 2 rings (SSSR count). The maximum Gasteiger partial charge on any atom is 0.0594 e. The average Bonchev–Trinajstić information content (AvgIpc) is 2.86. The molecule has 2 aromatic heterocycles. The topological polar surface area (TPSA) is 42.1 Å². The lowest BCUT2D eigenvalue weighted by molar-refractivity contribution is 0.203. The second kappa shape index (κ2) is 6.97. The third-order valence-electron chi connectivity index (χ3n) is 3.54. The zero-order chi connectivity index (χ0) is 14.5. The number of thiophene rings is 1. The smallest absolute Gasteiger partial charge is 0.0594 e. The lowest BCUT2D eigenvalue weighted by Gasteiger charge is -2.31. The van der Waals surface area contributed by atoms with Crippen LogP contribution in [0.1, 0.15) is 34.8 Å². The summed E-state index contributed by atoms with van der Waals surface area (Å²) in [4.78, 5) is 9.39. The molecule has 0 amide bonds. The molecule has 2 aromatic rings. The van der Waals surface area contributed by atoms with Gasteiger partial charge in [-0.2, -0.15) is 0 Å². The lowest BCUT2D eigenvalue weighted by atomic mass is 10.0. The van der Waals surface area contributed by atoms with Crippen molar-refractivity contribution in [1.82, 2.24) is 9.88 Å². The van der Waals surface area contributed by atoms with Crippen LogP contribution >= 0.6 is 11.3 Å². The first-order chi connectivity index (χ1) is 9.61. The molecule has 108 valence electrons. The lowest BCUT2D eigenvalue weighted by Crippen LogP contribution is -2.38. The van der Waals surface area contributed by atoms with Crippen molar-refractivity contribution in [3.8, 4) is 0 Å². The van der Waals surface area contributed by atoms with E-state index < -0.39 is 0 Å². The summed E-state index contributed by atoms with van der Waals surface area (Å²) in [5.41, 5.74) is 7.44. The van der Waals surface area contributed by atoms with E-state index in [2.05, 4.69) is 49.0 Å². The van der Waals surface area contributed by atoms with E-state index in [9.17, 15) is 0 Å². The molecule has 0 aliphatic carbocycles. The van der Waals surface area contributed by atoms with E-state index >= 15 is 0 Å². The summed E-state index contributed by atoms with van der Waals surface area (Å²) in [6.45, 7) is 5.10. The van der Waals surface area contributed by atoms with Gasteiger partial charge in [-0.3, -0.25) is 9.88 Å². The first-order valence-corrected chi connectivity index (χ1v) is 7.85. The van der Waals surface area contributed by atoms with Crippen LogP contribution in [-0.2, 0) is 6.54 Å². The summed E-state index contributed by atoms with van der Waals surface area (Å²) in [6, 6.07) is 10.8. The number of nitrogens with zero attached hydrogens (tertiary/aromatic N) is 2. The molecule has 20 heavy (non-hydrogen) atoms. The maximum absolute atomic E-state index is 6.36. The van der Waals surface area contributed by atoms with Crippen LogP contribution in [0.5, 0.6) is 0 Å². The number of hydrogen-bond donors (Lipinski definition) is 1. The van der Waals surface area contributed by atoms with Gasteiger partial charge in [0.25, 0.3) is 0 Å². The van der Waals surface area contributed by atoms with E-state index in [1.54, 1.807) is 0 Å². The Hall–Kier alpha value is -1.23.